The zero-order valence-corrected chi connectivity index (χ0v) is 23.3. The minimum atomic E-state index is -0.593. The highest BCUT2D eigenvalue weighted by Crippen LogP contribution is 2.49. The summed E-state index contributed by atoms with van der Waals surface area (Å²) in [6, 6.07) is 26.4. The number of hydrogen-bond donors (Lipinski definition) is 1. The predicted octanol–water partition coefficient (Wildman–Crippen LogP) is 5.18. The van der Waals surface area contributed by atoms with Gasteiger partial charge >= 0.3 is 5.76 Å². The number of benzene rings is 3. The van der Waals surface area contributed by atoms with Crippen molar-refractivity contribution in [2.24, 2.45) is 0 Å². The monoisotopic (exact) mass is 558 g/mol. The molecule has 1 N–H and O–H groups in total. The topological polar surface area (TPSA) is 111 Å². The molecule has 1 saturated carbocycles. The number of aromatic amines is 1. The number of aromatic nitrogens is 6. The molecule has 0 atom stereocenters. The molecule has 0 unspecified atom stereocenters. The van der Waals surface area contributed by atoms with Gasteiger partial charge in [-0.25, -0.2) is 9.31 Å². The van der Waals surface area contributed by atoms with Crippen molar-refractivity contribution in [3.05, 3.63) is 128 Å². The van der Waals surface area contributed by atoms with Crippen LogP contribution in [0.25, 0.3) is 28.3 Å². The molecule has 1 aliphatic rings. The Balaban J connectivity index is 1.26. The molecule has 42 heavy (non-hydrogen) atoms. The lowest BCUT2D eigenvalue weighted by atomic mass is 9.95. The highest BCUT2D eigenvalue weighted by atomic mass is 16.5. The van der Waals surface area contributed by atoms with E-state index < -0.39 is 5.76 Å². The number of rotatable bonds is 9. The standard InChI is InChI=1S/C33H30N6O3/c1-2-8-28-27(19-22-13-15-23(16-14-22)25-11-6-7-12-26(25)29-36-32(41)42-37-29)30(40)38(31-34-21-35-39(28)31)20-33(17-18-33)24-9-4-3-5-10-24/h3-7,9-16,21H,2,8,17-20H2,1H3,(H,36,37,41). The lowest BCUT2D eigenvalue weighted by molar-refractivity contribution is 0.388. The fraction of sp³-hybridized carbons (Fsp3) is 0.242. The first-order chi connectivity index (χ1) is 20.6. The third kappa shape index (κ3) is 4.56. The van der Waals surface area contributed by atoms with E-state index in [2.05, 4.69) is 63.5 Å². The summed E-state index contributed by atoms with van der Waals surface area (Å²) in [6.07, 6.45) is 5.74. The molecule has 3 aromatic heterocycles. The van der Waals surface area contributed by atoms with Gasteiger partial charge in [0.2, 0.25) is 5.78 Å². The lowest BCUT2D eigenvalue weighted by Gasteiger charge is -2.20. The first kappa shape index (κ1) is 25.9. The third-order valence-electron chi connectivity index (χ3n) is 8.33. The van der Waals surface area contributed by atoms with E-state index in [0.717, 1.165) is 59.2 Å². The number of aryl methyl sites for hydroxylation is 1. The van der Waals surface area contributed by atoms with E-state index in [1.54, 1.807) is 6.33 Å². The van der Waals surface area contributed by atoms with Gasteiger partial charge in [-0.2, -0.15) is 10.1 Å². The summed E-state index contributed by atoms with van der Waals surface area (Å²) in [4.78, 5) is 33.0. The van der Waals surface area contributed by atoms with Gasteiger partial charge in [0.25, 0.3) is 5.56 Å². The fourth-order valence-corrected chi connectivity index (χ4v) is 6.01. The van der Waals surface area contributed by atoms with Crippen LogP contribution in [0, 0.1) is 0 Å². The van der Waals surface area contributed by atoms with Crippen LogP contribution in [0.3, 0.4) is 0 Å². The average molecular weight is 559 g/mol. The van der Waals surface area contributed by atoms with E-state index in [-0.39, 0.29) is 11.0 Å². The second kappa shape index (κ2) is 10.4. The summed E-state index contributed by atoms with van der Waals surface area (Å²) in [5, 5.41) is 8.43. The zero-order valence-electron chi connectivity index (χ0n) is 23.3. The van der Waals surface area contributed by atoms with Crippen LogP contribution in [-0.2, 0) is 24.8 Å². The summed E-state index contributed by atoms with van der Waals surface area (Å²) in [5.41, 5.74) is 6.57. The Morgan fingerprint density at radius 3 is 2.36 bits per heavy atom. The maximum Gasteiger partial charge on any atom is 0.439 e. The van der Waals surface area contributed by atoms with Gasteiger partial charge in [-0.05, 0) is 41.5 Å². The van der Waals surface area contributed by atoms with Crippen LogP contribution in [0.4, 0.5) is 0 Å². The first-order valence-corrected chi connectivity index (χ1v) is 14.3. The maximum absolute atomic E-state index is 14.2. The van der Waals surface area contributed by atoms with Crippen molar-refractivity contribution >= 4 is 5.78 Å². The molecule has 9 heteroatoms. The molecule has 0 saturated heterocycles. The molecule has 0 bridgehead atoms. The minimum Gasteiger partial charge on any atom is -0.296 e. The Kier molecular flexibility index (Phi) is 6.42. The summed E-state index contributed by atoms with van der Waals surface area (Å²) in [5.74, 6) is 0.395. The average Bonchev–Trinajstić information content (AvgIpc) is 3.41. The Morgan fingerprint density at radius 2 is 1.67 bits per heavy atom. The Bertz CT molecular complexity index is 2000. The summed E-state index contributed by atoms with van der Waals surface area (Å²) in [6.45, 7) is 2.69. The van der Waals surface area contributed by atoms with Crippen molar-refractivity contribution < 1.29 is 4.52 Å². The number of nitrogens with zero attached hydrogens (tertiary/aromatic N) is 5. The highest BCUT2D eigenvalue weighted by molar-refractivity contribution is 5.80. The smallest absolute Gasteiger partial charge is 0.296 e. The molecule has 210 valence electrons. The van der Waals surface area contributed by atoms with Crippen molar-refractivity contribution in [3.63, 3.8) is 0 Å². The largest absolute Gasteiger partial charge is 0.439 e. The normalized spacial score (nSPS) is 13.9. The molecule has 1 fully saturated rings. The van der Waals surface area contributed by atoms with Gasteiger partial charge in [0.1, 0.15) is 6.33 Å². The van der Waals surface area contributed by atoms with Crippen LogP contribution in [0.5, 0.6) is 0 Å². The van der Waals surface area contributed by atoms with Crippen LogP contribution < -0.4 is 11.3 Å². The summed E-state index contributed by atoms with van der Waals surface area (Å²) >= 11 is 0. The predicted molar refractivity (Wildman–Crippen MR) is 159 cm³/mol. The van der Waals surface area contributed by atoms with Gasteiger partial charge in [0, 0.05) is 29.5 Å². The molecule has 1 aliphatic carbocycles. The second-order valence-corrected chi connectivity index (χ2v) is 11.0. The van der Waals surface area contributed by atoms with Crippen LogP contribution in [0.1, 0.15) is 48.6 Å². The molecule has 3 aromatic carbocycles. The second-order valence-electron chi connectivity index (χ2n) is 11.0. The first-order valence-electron chi connectivity index (χ1n) is 14.3. The van der Waals surface area contributed by atoms with E-state index in [1.807, 2.05) is 51.5 Å². The summed E-state index contributed by atoms with van der Waals surface area (Å²) in [7, 11) is 0. The van der Waals surface area contributed by atoms with Gasteiger partial charge in [0.05, 0.1) is 5.69 Å². The van der Waals surface area contributed by atoms with Gasteiger partial charge in [-0.15, -0.1) is 0 Å². The third-order valence-corrected chi connectivity index (χ3v) is 8.33. The number of fused-ring (bicyclic) bond motifs is 1. The van der Waals surface area contributed by atoms with Crippen LogP contribution in [0.2, 0.25) is 0 Å². The SMILES string of the molecule is CCCc1c(Cc2ccc(-c3ccccc3-c3noc(=O)[nH]3)cc2)c(=O)n(CC2(c3ccccc3)CC2)c2ncnn12. The molecule has 0 aliphatic heterocycles. The van der Waals surface area contributed by atoms with E-state index in [4.69, 9.17) is 4.52 Å². The number of nitrogens with one attached hydrogen (secondary N) is 1. The Hall–Kier alpha value is -5.05. The van der Waals surface area contributed by atoms with Crippen molar-refractivity contribution in [1.82, 2.24) is 29.3 Å². The molecule has 0 radical (unpaired) electrons. The molecule has 9 nitrogen and oxygen atoms in total. The molecular formula is C33H30N6O3. The van der Waals surface area contributed by atoms with Gasteiger partial charge < -0.3 is 0 Å². The van der Waals surface area contributed by atoms with E-state index in [9.17, 15) is 9.59 Å². The van der Waals surface area contributed by atoms with E-state index in [0.29, 0.717) is 24.6 Å². The van der Waals surface area contributed by atoms with Crippen molar-refractivity contribution in [1.29, 1.82) is 0 Å². The van der Waals surface area contributed by atoms with Gasteiger partial charge in [0.15, 0.2) is 5.82 Å². The Labute approximate surface area is 241 Å². The minimum absolute atomic E-state index is 0.00515. The van der Waals surface area contributed by atoms with E-state index >= 15 is 0 Å². The highest BCUT2D eigenvalue weighted by Gasteiger charge is 2.45. The van der Waals surface area contributed by atoms with Gasteiger partial charge in [-0.3, -0.25) is 18.9 Å². The molecule has 3 heterocycles. The molecular weight excluding hydrogens is 528 g/mol. The summed E-state index contributed by atoms with van der Waals surface area (Å²) < 4.78 is 8.43. The molecule has 6 aromatic rings. The fourth-order valence-electron chi connectivity index (χ4n) is 6.01. The number of H-pyrrole nitrogens is 1. The van der Waals surface area contributed by atoms with Crippen molar-refractivity contribution in [2.45, 2.75) is 51.0 Å². The molecule has 0 spiro atoms. The number of hydrogen-bond acceptors (Lipinski definition) is 6. The van der Waals surface area contributed by atoms with E-state index in [1.165, 1.54) is 5.56 Å². The van der Waals surface area contributed by atoms with Crippen LogP contribution in [0.15, 0.2) is 99.3 Å². The van der Waals surface area contributed by atoms with Crippen LogP contribution in [-0.4, -0.2) is 29.3 Å². The zero-order chi connectivity index (χ0) is 28.7. The van der Waals surface area contributed by atoms with Crippen molar-refractivity contribution in [3.8, 4) is 22.5 Å². The molecule has 0 amide bonds. The Morgan fingerprint density at radius 1 is 0.929 bits per heavy atom. The lowest BCUT2D eigenvalue weighted by Crippen LogP contribution is -2.33. The quantitative estimate of drug-likeness (QED) is 0.262. The van der Waals surface area contributed by atoms with Gasteiger partial charge in [-0.1, -0.05) is 97.4 Å². The maximum atomic E-state index is 14.2. The van der Waals surface area contributed by atoms with Crippen LogP contribution >= 0.6 is 0 Å². The van der Waals surface area contributed by atoms with Crippen molar-refractivity contribution in [2.75, 3.05) is 0 Å². The molecule has 7 rings (SSSR count).